The monoisotopic (exact) mass is 1090 g/mol. The average Bonchev–Trinajstić information content (AvgIpc) is 3.40. The summed E-state index contributed by atoms with van der Waals surface area (Å²) in [5.74, 6) is -0.405. The Morgan fingerprint density at radius 1 is 0.500 bits per heavy atom. The fourth-order valence-electron chi connectivity index (χ4n) is 9.16. The standard InChI is InChI=1S/C63H112O12S/c1-3-5-7-9-11-13-15-17-19-21-23-25-27-29-30-32-34-36-38-40-42-44-46-48-50-52-59(65)73-57(56-72-63-61(67)62(75-76(68,69)70)60(66)58(54-64)74-63)55-71-53-51-49-47-45-43-41-39-37-35-33-31-28-26-24-22-20-18-16-14-12-10-8-6-4-2/h15-18,21-24,27-29,31,57-58,60-64,66-67H,3-14,19-20,25-26,30,32-56H2,1-2H3,(H,68,69,70)/b17-15-,18-16-,23-21-,24-22-,29-27-,31-28-. The van der Waals surface area contributed by atoms with E-state index in [9.17, 15) is 33.1 Å². The maximum absolute atomic E-state index is 13.0. The number of allylic oxidation sites excluding steroid dienone is 12. The highest BCUT2D eigenvalue weighted by molar-refractivity contribution is 7.80. The fourth-order valence-corrected chi connectivity index (χ4v) is 9.67. The molecule has 0 bridgehead atoms. The van der Waals surface area contributed by atoms with Crippen LogP contribution in [-0.2, 0) is 38.3 Å². The summed E-state index contributed by atoms with van der Waals surface area (Å²) in [6.45, 7) is 3.98. The molecule has 0 saturated carbocycles. The molecule has 1 aliphatic heterocycles. The molecule has 1 heterocycles. The minimum absolute atomic E-state index is 0.0281. The molecule has 4 N–H and O–H groups in total. The van der Waals surface area contributed by atoms with Crippen LogP contribution in [0.4, 0.5) is 0 Å². The topological polar surface area (TPSA) is 178 Å². The normalized spacial score (nSPS) is 19.1. The molecule has 1 fully saturated rings. The summed E-state index contributed by atoms with van der Waals surface area (Å²) in [6.07, 6.45) is 62.2. The Hall–Kier alpha value is -2.46. The first-order valence-electron chi connectivity index (χ1n) is 30.7. The lowest BCUT2D eigenvalue weighted by atomic mass is 9.99. The Kier molecular flexibility index (Phi) is 50.1. The molecule has 1 rings (SSSR count). The van der Waals surface area contributed by atoms with Crippen LogP contribution in [0.2, 0.25) is 0 Å². The summed E-state index contributed by atoms with van der Waals surface area (Å²) < 4.78 is 59.5. The zero-order valence-corrected chi connectivity index (χ0v) is 48.9. The lowest BCUT2D eigenvalue weighted by molar-refractivity contribution is -0.301. The van der Waals surface area contributed by atoms with Crippen molar-refractivity contribution < 1.29 is 56.2 Å². The number of esters is 1. The van der Waals surface area contributed by atoms with E-state index in [1.807, 2.05) is 0 Å². The molecule has 76 heavy (non-hydrogen) atoms. The number of aliphatic hydroxyl groups is 3. The summed E-state index contributed by atoms with van der Waals surface area (Å²) >= 11 is 0. The molecule has 0 spiro atoms. The molecule has 0 radical (unpaired) electrons. The molecule has 1 aliphatic rings. The van der Waals surface area contributed by atoms with Gasteiger partial charge in [-0.15, -0.1) is 0 Å². The quantitative estimate of drug-likeness (QED) is 0.0196. The van der Waals surface area contributed by atoms with Crippen LogP contribution in [0.1, 0.15) is 258 Å². The van der Waals surface area contributed by atoms with E-state index in [0.717, 1.165) is 77.0 Å². The van der Waals surface area contributed by atoms with Gasteiger partial charge in [0.2, 0.25) is 0 Å². The first kappa shape index (κ1) is 71.6. The van der Waals surface area contributed by atoms with Crippen LogP contribution < -0.4 is 0 Å². The first-order chi connectivity index (χ1) is 37.1. The van der Waals surface area contributed by atoms with Gasteiger partial charge in [0.25, 0.3) is 0 Å². The molecular formula is C63H112O12S. The summed E-state index contributed by atoms with van der Waals surface area (Å²) in [5.41, 5.74) is 0. The van der Waals surface area contributed by atoms with Crippen LogP contribution in [0.3, 0.4) is 0 Å². The molecule has 6 unspecified atom stereocenters. The number of ether oxygens (including phenoxy) is 4. The third kappa shape index (κ3) is 45.4. The van der Waals surface area contributed by atoms with Gasteiger partial charge < -0.3 is 34.3 Å². The lowest BCUT2D eigenvalue weighted by Gasteiger charge is -2.41. The molecule has 12 nitrogen and oxygen atoms in total. The largest absolute Gasteiger partial charge is 0.457 e. The predicted molar refractivity (Wildman–Crippen MR) is 312 cm³/mol. The van der Waals surface area contributed by atoms with Gasteiger partial charge in [-0.2, -0.15) is 8.42 Å². The first-order valence-corrected chi connectivity index (χ1v) is 32.1. The summed E-state index contributed by atoms with van der Waals surface area (Å²) in [7, 11) is -5.07. The van der Waals surface area contributed by atoms with E-state index in [4.69, 9.17) is 18.9 Å². The minimum atomic E-state index is -5.07. The van der Waals surface area contributed by atoms with E-state index in [1.165, 1.54) is 154 Å². The van der Waals surface area contributed by atoms with Gasteiger partial charge in [-0.25, -0.2) is 4.18 Å². The molecule has 6 atom stereocenters. The van der Waals surface area contributed by atoms with Crippen LogP contribution in [0.25, 0.3) is 0 Å². The number of unbranched alkanes of at least 4 members (excludes halogenated alkanes) is 29. The van der Waals surface area contributed by atoms with E-state index in [2.05, 4.69) is 90.9 Å². The number of carbonyl (C=O) groups is 1. The highest BCUT2D eigenvalue weighted by Crippen LogP contribution is 2.26. The van der Waals surface area contributed by atoms with Gasteiger partial charge in [0.05, 0.1) is 19.8 Å². The average molecular weight is 1090 g/mol. The summed E-state index contributed by atoms with van der Waals surface area (Å²) in [4.78, 5) is 13.0. The summed E-state index contributed by atoms with van der Waals surface area (Å²) in [6, 6.07) is 0. The Balaban J connectivity index is 2.29. The van der Waals surface area contributed by atoms with Crippen molar-refractivity contribution in [3.63, 3.8) is 0 Å². The second-order valence-corrected chi connectivity index (χ2v) is 22.0. The molecule has 0 aromatic rings. The molecule has 0 amide bonds. The van der Waals surface area contributed by atoms with E-state index in [1.54, 1.807) is 0 Å². The molecule has 0 aliphatic carbocycles. The Labute approximate surface area is 464 Å². The smallest absolute Gasteiger partial charge is 0.397 e. The second-order valence-electron chi connectivity index (χ2n) is 20.9. The van der Waals surface area contributed by atoms with Crippen molar-refractivity contribution in [2.24, 2.45) is 0 Å². The van der Waals surface area contributed by atoms with Gasteiger partial charge in [-0.1, -0.05) is 234 Å². The molecule has 442 valence electrons. The Morgan fingerprint density at radius 2 is 0.868 bits per heavy atom. The maximum Gasteiger partial charge on any atom is 0.397 e. The van der Waals surface area contributed by atoms with E-state index in [0.29, 0.717) is 13.0 Å². The zero-order chi connectivity index (χ0) is 55.3. The highest BCUT2D eigenvalue weighted by Gasteiger charge is 2.48. The van der Waals surface area contributed by atoms with Crippen molar-refractivity contribution >= 4 is 16.4 Å². The number of carbonyl (C=O) groups excluding carboxylic acids is 1. The predicted octanol–water partition coefficient (Wildman–Crippen LogP) is 15.8. The van der Waals surface area contributed by atoms with Gasteiger partial charge in [-0.05, 0) is 89.9 Å². The fraction of sp³-hybridized carbons (Fsp3) is 0.794. The van der Waals surface area contributed by atoms with Gasteiger partial charge in [0, 0.05) is 13.0 Å². The van der Waals surface area contributed by atoms with Crippen molar-refractivity contribution in [1.29, 1.82) is 0 Å². The van der Waals surface area contributed by atoms with Crippen LogP contribution in [-0.4, -0.2) is 97.5 Å². The molecule has 0 aromatic carbocycles. The van der Waals surface area contributed by atoms with Crippen molar-refractivity contribution in [2.45, 2.75) is 295 Å². The molecule has 13 heteroatoms. The van der Waals surface area contributed by atoms with E-state index in [-0.39, 0.29) is 19.6 Å². The van der Waals surface area contributed by atoms with Gasteiger partial charge in [0.1, 0.15) is 30.5 Å². The van der Waals surface area contributed by atoms with Crippen LogP contribution in [0.5, 0.6) is 0 Å². The van der Waals surface area contributed by atoms with Gasteiger partial charge in [0.15, 0.2) is 6.29 Å². The van der Waals surface area contributed by atoms with Crippen molar-refractivity contribution in [3.8, 4) is 0 Å². The number of aliphatic hydroxyl groups excluding tert-OH is 3. The van der Waals surface area contributed by atoms with E-state index < -0.39 is 59.8 Å². The molecule has 0 aromatic heterocycles. The van der Waals surface area contributed by atoms with E-state index >= 15 is 0 Å². The molecular weight excluding hydrogens is 981 g/mol. The minimum Gasteiger partial charge on any atom is -0.457 e. The number of rotatable bonds is 54. The van der Waals surface area contributed by atoms with Crippen molar-refractivity contribution in [1.82, 2.24) is 0 Å². The maximum atomic E-state index is 13.0. The third-order valence-corrected chi connectivity index (χ3v) is 14.3. The van der Waals surface area contributed by atoms with Crippen LogP contribution in [0.15, 0.2) is 72.9 Å². The third-order valence-electron chi connectivity index (χ3n) is 13.8. The van der Waals surface area contributed by atoms with Crippen molar-refractivity contribution in [3.05, 3.63) is 72.9 Å². The number of hydrogen-bond acceptors (Lipinski definition) is 11. The van der Waals surface area contributed by atoms with Gasteiger partial charge in [-0.3, -0.25) is 9.35 Å². The number of hydrogen-bond donors (Lipinski definition) is 4. The Bertz CT molecular complexity index is 1590. The highest BCUT2D eigenvalue weighted by atomic mass is 32.3. The van der Waals surface area contributed by atoms with Crippen LogP contribution in [0, 0.1) is 0 Å². The van der Waals surface area contributed by atoms with Crippen molar-refractivity contribution in [2.75, 3.05) is 26.4 Å². The second kappa shape index (κ2) is 53.2. The zero-order valence-electron chi connectivity index (χ0n) is 48.1. The lowest BCUT2D eigenvalue weighted by Crippen LogP contribution is -2.60. The van der Waals surface area contributed by atoms with Crippen LogP contribution >= 0.6 is 0 Å². The SMILES string of the molecule is CCCCCCC/C=C\C/C=C\C/C=C\CCCCCCCCCCCCC(=O)OC(COCCCCCCCCCCC/C=C\C/C=C\C/C=C\CCCCCCC)COC1OC(CO)C(O)C(OS(=O)(=O)O)C1O. The molecule has 1 saturated heterocycles. The Morgan fingerprint density at radius 3 is 1.26 bits per heavy atom. The summed E-state index contributed by atoms with van der Waals surface area (Å²) in [5, 5.41) is 30.9. The van der Waals surface area contributed by atoms with Gasteiger partial charge >= 0.3 is 16.4 Å².